The van der Waals surface area contributed by atoms with Crippen LogP contribution in [0.4, 0.5) is 0 Å². The zero-order valence-corrected chi connectivity index (χ0v) is 11.9. The average molecular weight is 278 g/mol. The van der Waals surface area contributed by atoms with Gasteiger partial charge in [-0.2, -0.15) is 0 Å². The maximum absolute atomic E-state index is 12.3. The number of carbonyl (C=O) groups excluding carboxylic acids is 1. The van der Waals surface area contributed by atoms with Crippen LogP contribution in [0.2, 0.25) is 5.02 Å². The number of halogens is 1. The molecule has 0 aromatic heterocycles. The lowest BCUT2D eigenvalue weighted by molar-refractivity contribution is 0.0896. The van der Waals surface area contributed by atoms with Crippen molar-refractivity contribution >= 4 is 17.4 Å². The van der Waals surface area contributed by atoms with E-state index in [1.165, 1.54) is 32.1 Å². The number of likely N-dealkylation sites (tertiary alicyclic amines) is 1. The Morgan fingerprint density at radius 2 is 1.89 bits per heavy atom. The van der Waals surface area contributed by atoms with E-state index in [0.717, 1.165) is 18.0 Å². The third-order valence-corrected chi connectivity index (χ3v) is 4.89. The van der Waals surface area contributed by atoms with Gasteiger partial charge in [-0.15, -0.1) is 0 Å². The van der Waals surface area contributed by atoms with Crippen LogP contribution in [0.25, 0.3) is 0 Å². The van der Waals surface area contributed by atoms with Crippen molar-refractivity contribution in [2.24, 2.45) is 5.92 Å². The molecule has 1 aliphatic carbocycles. The molecule has 2 fully saturated rings. The molecule has 2 aliphatic rings. The lowest BCUT2D eigenvalue weighted by Crippen LogP contribution is -2.38. The molecule has 0 spiro atoms. The van der Waals surface area contributed by atoms with Crippen molar-refractivity contribution in [2.45, 2.75) is 38.1 Å². The summed E-state index contributed by atoms with van der Waals surface area (Å²) in [4.78, 5) is 14.7. The van der Waals surface area contributed by atoms with Gasteiger partial charge in [0.2, 0.25) is 0 Å². The number of benzene rings is 1. The van der Waals surface area contributed by atoms with Crippen LogP contribution in [-0.4, -0.2) is 29.8 Å². The standard InChI is InChI=1S/C16H20ClNO/c17-14-7-5-13(6-8-14)16(19)11-18-10-9-12-3-1-2-4-15(12)18/h5-8,12,15H,1-4,9-11H2. The van der Waals surface area contributed by atoms with E-state index in [2.05, 4.69) is 4.90 Å². The van der Waals surface area contributed by atoms with E-state index in [4.69, 9.17) is 11.6 Å². The minimum Gasteiger partial charge on any atom is -0.293 e. The molecule has 1 saturated heterocycles. The number of carbonyl (C=O) groups is 1. The Balaban J connectivity index is 1.65. The Morgan fingerprint density at radius 3 is 2.68 bits per heavy atom. The number of ketones is 1. The van der Waals surface area contributed by atoms with Crippen molar-refractivity contribution < 1.29 is 4.79 Å². The molecule has 3 rings (SSSR count). The first-order valence-corrected chi connectivity index (χ1v) is 7.64. The molecule has 1 aromatic carbocycles. The molecule has 1 heterocycles. The monoisotopic (exact) mass is 277 g/mol. The highest BCUT2D eigenvalue weighted by Crippen LogP contribution is 2.36. The van der Waals surface area contributed by atoms with Crippen molar-refractivity contribution in [1.82, 2.24) is 4.90 Å². The van der Waals surface area contributed by atoms with Gasteiger partial charge in [-0.3, -0.25) is 9.69 Å². The van der Waals surface area contributed by atoms with Gasteiger partial charge in [0.1, 0.15) is 0 Å². The van der Waals surface area contributed by atoms with Crippen LogP contribution in [0, 0.1) is 5.92 Å². The van der Waals surface area contributed by atoms with Crippen LogP contribution >= 0.6 is 11.6 Å². The number of Topliss-reactive ketones (excluding diaryl/α,β-unsaturated/α-hetero) is 1. The highest BCUT2D eigenvalue weighted by Gasteiger charge is 2.36. The first kappa shape index (κ1) is 13.1. The number of nitrogens with zero attached hydrogens (tertiary/aromatic N) is 1. The maximum Gasteiger partial charge on any atom is 0.176 e. The molecule has 1 aromatic rings. The fourth-order valence-electron chi connectivity index (χ4n) is 3.61. The highest BCUT2D eigenvalue weighted by molar-refractivity contribution is 6.30. The minimum absolute atomic E-state index is 0.225. The normalized spacial score (nSPS) is 27.2. The fourth-order valence-corrected chi connectivity index (χ4v) is 3.74. The van der Waals surface area contributed by atoms with Crippen LogP contribution < -0.4 is 0 Å². The van der Waals surface area contributed by atoms with Crippen molar-refractivity contribution in [3.63, 3.8) is 0 Å². The van der Waals surface area contributed by atoms with E-state index < -0.39 is 0 Å². The summed E-state index contributed by atoms with van der Waals surface area (Å²) in [6.45, 7) is 1.66. The lowest BCUT2D eigenvalue weighted by Gasteiger charge is -2.31. The number of fused-ring (bicyclic) bond motifs is 1. The quantitative estimate of drug-likeness (QED) is 0.784. The molecule has 2 unspecified atom stereocenters. The zero-order chi connectivity index (χ0) is 13.2. The Hall–Kier alpha value is -0.860. The van der Waals surface area contributed by atoms with E-state index >= 15 is 0 Å². The topological polar surface area (TPSA) is 20.3 Å². The number of hydrogen-bond donors (Lipinski definition) is 0. The van der Waals surface area contributed by atoms with E-state index in [1.807, 2.05) is 12.1 Å². The molecule has 19 heavy (non-hydrogen) atoms. The number of rotatable bonds is 3. The molecule has 2 nitrogen and oxygen atoms in total. The molecule has 0 amide bonds. The van der Waals surface area contributed by atoms with Crippen molar-refractivity contribution in [3.8, 4) is 0 Å². The molecular weight excluding hydrogens is 258 g/mol. The predicted molar refractivity (Wildman–Crippen MR) is 77.7 cm³/mol. The van der Waals surface area contributed by atoms with Gasteiger partial charge >= 0.3 is 0 Å². The van der Waals surface area contributed by atoms with E-state index in [1.54, 1.807) is 12.1 Å². The minimum atomic E-state index is 0.225. The molecule has 2 atom stereocenters. The van der Waals surface area contributed by atoms with Crippen LogP contribution in [0.5, 0.6) is 0 Å². The lowest BCUT2D eigenvalue weighted by atomic mass is 9.85. The first-order valence-electron chi connectivity index (χ1n) is 7.27. The third-order valence-electron chi connectivity index (χ3n) is 4.64. The summed E-state index contributed by atoms with van der Waals surface area (Å²) in [5, 5.41) is 0.685. The maximum atomic E-state index is 12.3. The van der Waals surface area contributed by atoms with Gasteiger partial charge in [0, 0.05) is 16.6 Å². The van der Waals surface area contributed by atoms with Crippen molar-refractivity contribution in [1.29, 1.82) is 0 Å². The Kier molecular flexibility index (Phi) is 3.90. The van der Waals surface area contributed by atoms with Crippen molar-refractivity contribution in [3.05, 3.63) is 34.9 Å². The van der Waals surface area contributed by atoms with Gasteiger partial charge in [0.05, 0.1) is 6.54 Å². The molecule has 3 heteroatoms. The van der Waals surface area contributed by atoms with Crippen molar-refractivity contribution in [2.75, 3.05) is 13.1 Å². The second-order valence-electron chi connectivity index (χ2n) is 5.80. The zero-order valence-electron chi connectivity index (χ0n) is 11.1. The summed E-state index contributed by atoms with van der Waals surface area (Å²) in [6.07, 6.45) is 6.61. The summed E-state index contributed by atoms with van der Waals surface area (Å²) >= 11 is 5.86. The molecule has 1 saturated carbocycles. The molecule has 0 bridgehead atoms. The SMILES string of the molecule is O=C(CN1CCC2CCCCC21)c1ccc(Cl)cc1. The van der Waals surface area contributed by atoms with Crippen LogP contribution in [0.3, 0.4) is 0 Å². The fraction of sp³-hybridized carbons (Fsp3) is 0.562. The summed E-state index contributed by atoms with van der Waals surface area (Å²) in [7, 11) is 0. The average Bonchev–Trinajstić information content (AvgIpc) is 2.83. The summed E-state index contributed by atoms with van der Waals surface area (Å²) in [6, 6.07) is 7.91. The summed E-state index contributed by atoms with van der Waals surface area (Å²) in [5.41, 5.74) is 0.781. The smallest absolute Gasteiger partial charge is 0.176 e. The van der Waals surface area contributed by atoms with Gasteiger partial charge < -0.3 is 0 Å². The molecule has 102 valence electrons. The second-order valence-corrected chi connectivity index (χ2v) is 6.24. The van der Waals surface area contributed by atoms with E-state index in [0.29, 0.717) is 17.6 Å². The van der Waals surface area contributed by atoms with Crippen LogP contribution in [-0.2, 0) is 0 Å². The summed E-state index contributed by atoms with van der Waals surface area (Å²) in [5.74, 6) is 1.06. The molecular formula is C16H20ClNO. The Bertz CT molecular complexity index is 456. The van der Waals surface area contributed by atoms with Gasteiger partial charge in [-0.25, -0.2) is 0 Å². The molecule has 0 N–H and O–H groups in total. The largest absolute Gasteiger partial charge is 0.293 e. The van der Waals surface area contributed by atoms with Gasteiger partial charge in [-0.05, 0) is 56.0 Å². The molecule has 0 radical (unpaired) electrons. The number of hydrogen-bond acceptors (Lipinski definition) is 2. The predicted octanol–water partition coefficient (Wildman–Crippen LogP) is 3.79. The van der Waals surface area contributed by atoms with Crippen LogP contribution in [0.1, 0.15) is 42.5 Å². The Labute approximate surface area is 119 Å². The van der Waals surface area contributed by atoms with Crippen LogP contribution in [0.15, 0.2) is 24.3 Å². The third kappa shape index (κ3) is 2.85. The van der Waals surface area contributed by atoms with E-state index in [-0.39, 0.29) is 5.78 Å². The second kappa shape index (κ2) is 5.64. The summed E-state index contributed by atoms with van der Waals surface area (Å²) < 4.78 is 0. The first-order chi connectivity index (χ1) is 9.24. The van der Waals surface area contributed by atoms with Gasteiger partial charge in [0.15, 0.2) is 5.78 Å². The highest BCUT2D eigenvalue weighted by atomic mass is 35.5. The van der Waals surface area contributed by atoms with E-state index in [9.17, 15) is 4.79 Å². The van der Waals surface area contributed by atoms with Gasteiger partial charge in [0.25, 0.3) is 0 Å². The Morgan fingerprint density at radius 1 is 1.16 bits per heavy atom. The molecule has 1 aliphatic heterocycles. The van der Waals surface area contributed by atoms with Gasteiger partial charge in [-0.1, -0.05) is 24.4 Å².